The predicted octanol–water partition coefficient (Wildman–Crippen LogP) is 2.93. The highest BCUT2D eigenvalue weighted by atomic mass is 35.5. The van der Waals surface area contributed by atoms with Gasteiger partial charge in [0.1, 0.15) is 6.61 Å². The molecule has 0 spiro atoms. The molecule has 120 valence electrons. The number of hydrogen-bond donors (Lipinski definition) is 2. The maximum Gasteiger partial charge on any atom is 0.166 e. The Hall–Kier alpha value is -1.23. The van der Waals surface area contributed by atoms with Crippen molar-refractivity contribution in [2.45, 2.75) is 32.9 Å². The van der Waals surface area contributed by atoms with Gasteiger partial charge in [0.15, 0.2) is 11.5 Å². The van der Waals surface area contributed by atoms with E-state index in [1.807, 2.05) is 39.0 Å². The fourth-order valence-electron chi connectivity index (χ4n) is 1.67. The number of rotatable bonds is 9. The summed E-state index contributed by atoms with van der Waals surface area (Å²) in [6.07, 6.45) is 1.71. The first-order valence-electron chi connectivity index (χ1n) is 6.88. The zero-order chi connectivity index (χ0) is 15.0. The van der Waals surface area contributed by atoms with Crippen LogP contribution in [0.15, 0.2) is 30.9 Å². The molecule has 1 rings (SSSR count). The third kappa shape index (κ3) is 6.38. The first-order chi connectivity index (χ1) is 9.54. The van der Waals surface area contributed by atoms with Gasteiger partial charge in [0.2, 0.25) is 0 Å². The van der Waals surface area contributed by atoms with Gasteiger partial charge in [-0.1, -0.05) is 24.8 Å². The molecule has 0 heterocycles. The molecule has 0 unspecified atom stereocenters. The van der Waals surface area contributed by atoms with Crippen LogP contribution in [-0.4, -0.2) is 30.5 Å². The van der Waals surface area contributed by atoms with Crippen molar-refractivity contribution >= 4 is 12.4 Å². The monoisotopic (exact) mass is 315 g/mol. The standard InChI is InChI=1S/C16H25NO3.ClH/c1-5-10-20-15-13(11-17-16(3,4)12-18)8-7-9-14(15)19-6-2;/h5,7-9,17-18H,1,6,10-12H2,2-4H3;1H. The van der Waals surface area contributed by atoms with Crippen LogP contribution in [0.1, 0.15) is 26.3 Å². The van der Waals surface area contributed by atoms with Crippen molar-refractivity contribution in [3.8, 4) is 11.5 Å². The molecule has 4 nitrogen and oxygen atoms in total. The quantitative estimate of drug-likeness (QED) is 0.688. The minimum atomic E-state index is -0.336. The van der Waals surface area contributed by atoms with E-state index in [9.17, 15) is 5.11 Å². The minimum absolute atomic E-state index is 0. The Morgan fingerprint density at radius 1 is 1.33 bits per heavy atom. The molecule has 0 aliphatic heterocycles. The molecule has 0 fully saturated rings. The second-order valence-electron chi connectivity index (χ2n) is 5.17. The average molecular weight is 316 g/mol. The van der Waals surface area contributed by atoms with Gasteiger partial charge in [-0.15, -0.1) is 12.4 Å². The fraction of sp³-hybridized carbons (Fsp3) is 0.500. The lowest BCUT2D eigenvalue weighted by Crippen LogP contribution is -2.42. The number of nitrogens with one attached hydrogen (secondary N) is 1. The Morgan fingerprint density at radius 3 is 2.62 bits per heavy atom. The Bertz CT molecular complexity index is 436. The van der Waals surface area contributed by atoms with E-state index >= 15 is 0 Å². The lowest BCUT2D eigenvalue weighted by molar-refractivity contribution is 0.186. The maximum atomic E-state index is 9.29. The van der Waals surface area contributed by atoms with E-state index in [1.165, 1.54) is 0 Å². The Morgan fingerprint density at radius 2 is 2.05 bits per heavy atom. The van der Waals surface area contributed by atoms with Crippen LogP contribution >= 0.6 is 12.4 Å². The highest BCUT2D eigenvalue weighted by molar-refractivity contribution is 5.85. The van der Waals surface area contributed by atoms with E-state index in [0.717, 1.165) is 17.1 Å². The van der Waals surface area contributed by atoms with Crippen LogP contribution in [0.25, 0.3) is 0 Å². The number of para-hydroxylation sites is 1. The van der Waals surface area contributed by atoms with Crippen LogP contribution in [0.4, 0.5) is 0 Å². The summed E-state index contributed by atoms with van der Waals surface area (Å²) < 4.78 is 11.3. The highest BCUT2D eigenvalue weighted by Crippen LogP contribution is 2.31. The summed E-state index contributed by atoms with van der Waals surface area (Å²) in [5, 5.41) is 12.6. The number of aliphatic hydroxyl groups excluding tert-OH is 1. The van der Waals surface area contributed by atoms with Gasteiger partial charge in [-0.3, -0.25) is 0 Å². The molecule has 0 radical (unpaired) electrons. The third-order valence-electron chi connectivity index (χ3n) is 2.86. The lowest BCUT2D eigenvalue weighted by atomic mass is 10.1. The molecule has 0 aliphatic carbocycles. The van der Waals surface area contributed by atoms with Crippen molar-refractivity contribution < 1.29 is 14.6 Å². The zero-order valence-corrected chi connectivity index (χ0v) is 13.8. The largest absolute Gasteiger partial charge is 0.490 e. The van der Waals surface area contributed by atoms with E-state index in [-0.39, 0.29) is 24.6 Å². The molecule has 0 saturated heterocycles. The first kappa shape index (κ1) is 19.8. The normalized spacial score (nSPS) is 10.7. The van der Waals surface area contributed by atoms with Crippen LogP contribution in [0.2, 0.25) is 0 Å². The predicted molar refractivity (Wildman–Crippen MR) is 88.6 cm³/mol. The van der Waals surface area contributed by atoms with Crippen LogP contribution in [-0.2, 0) is 6.54 Å². The Labute approximate surface area is 133 Å². The number of benzene rings is 1. The Kier molecular flexibility index (Phi) is 9.09. The van der Waals surface area contributed by atoms with Gasteiger partial charge in [0.25, 0.3) is 0 Å². The van der Waals surface area contributed by atoms with Crippen LogP contribution < -0.4 is 14.8 Å². The topological polar surface area (TPSA) is 50.7 Å². The molecular formula is C16H26ClNO3. The fourth-order valence-corrected chi connectivity index (χ4v) is 1.67. The van der Waals surface area contributed by atoms with Crippen molar-refractivity contribution in [1.82, 2.24) is 5.32 Å². The number of hydrogen-bond acceptors (Lipinski definition) is 4. The number of aliphatic hydroxyl groups is 1. The van der Waals surface area contributed by atoms with E-state index in [2.05, 4.69) is 11.9 Å². The van der Waals surface area contributed by atoms with E-state index in [1.54, 1.807) is 6.08 Å². The summed E-state index contributed by atoms with van der Waals surface area (Å²) in [6, 6.07) is 5.82. The van der Waals surface area contributed by atoms with Crippen LogP contribution in [0, 0.1) is 0 Å². The third-order valence-corrected chi connectivity index (χ3v) is 2.86. The van der Waals surface area contributed by atoms with Gasteiger partial charge in [0, 0.05) is 17.6 Å². The van der Waals surface area contributed by atoms with Gasteiger partial charge < -0.3 is 19.9 Å². The molecule has 0 amide bonds. The van der Waals surface area contributed by atoms with Crippen molar-refractivity contribution in [3.05, 3.63) is 36.4 Å². The summed E-state index contributed by atoms with van der Waals surface area (Å²) in [4.78, 5) is 0. The van der Waals surface area contributed by atoms with Crippen molar-refractivity contribution in [2.75, 3.05) is 19.8 Å². The smallest absolute Gasteiger partial charge is 0.166 e. The van der Waals surface area contributed by atoms with Gasteiger partial charge in [-0.05, 0) is 26.8 Å². The van der Waals surface area contributed by atoms with Gasteiger partial charge in [0.05, 0.1) is 13.2 Å². The molecule has 0 aliphatic rings. The molecule has 0 bridgehead atoms. The summed E-state index contributed by atoms with van der Waals surface area (Å²) in [5.41, 5.74) is 0.663. The van der Waals surface area contributed by atoms with Gasteiger partial charge >= 0.3 is 0 Å². The molecule has 1 aromatic carbocycles. The van der Waals surface area contributed by atoms with Crippen LogP contribution in [0.5, 0.6) is 11.5 Å². The second-order valence-corrected chi connectivity index (χ2v) is 5.17. The summed E-state index contributed by atoms with van der Waals surface area (Å²) in [6.45, 7) is 11.2. The second kappa shape index (κ2) is 9.66. The Balaban J connectivity index is 0.00000400. The average Bonchev–Trinajstić information content (AvgIpc) is 2.44. The van der Waals surface area contributed by atoms with E-state index in [4.69, 9.17) is 9.47 Å². The molecular weight excluding hydrogens is 290 g/mol. The molecule has 2 N–H and O–H groups in total. The minimum Gasteiger partial charge on any atom is -0.490 e. The summed E-state index contributed by atoms with van der Waals surface area (Å²) in [7, 11) is 0. The van der Waals surface area contributed by atoms with E-state index < -0.39 is 0 Å². The first-order valence-corrected chi connectivity index (χ1v) is 6.88. The van der Waals surface area contributed by atoms with Gasteiger partial charge in [-0.2, -0.15) is 0 Å². The highest BCUT2D eigenvalue weighted by Gasteiger charge is 2.17. The summed E-state index contributed by atoms with van der Waals surface area (Å²) >= 11 is 0. The zero-order valence-electron chi connectivity index (χ0n) is 13.0. The van der Waals surface area contributed by atoms with Crippen molar-refractivity contribution in [1.29, 1.82) is 0 Å². The molecule has 5 heteroatoms. The molecule has 1 aromatic rings. The lowest BCUT2D eigenvalue weighted by Gasteiger charge is -2.24. The van der Waals surface area contributed by atoms with Crippen LogP contribution in [0.3, 0.4) is 0 Å². The van der Waals surface area contributed by atoms with Crippen molar-refractivity contribution in [3.63, 3.8) is 0 Å². The van der Waals surface area contributed by atoms with E-state index in [0.29, 0.717) is 19.8 Å². The van der Waals surface area contributed by atoms with Gasteiger partial charge in [-0.25, -0.2) is 0 Å². The summed E-state index contributed by atoms with van der Waals surface area (Å²) in [5.74, 6) is 1.46. The molecule has 0 saturated carbocycles. The molecule has 0 aromatic heterocycles. The van der Waals surface area contributed by atoms with Crippen molar-refractivity contribution in [2.24, 2.45) is 0 Å². The number of halogens is 1. The molecule has 21 heavy (non-hydrogen) atoms. The SMILES string of the molecule is C=CCOc1c(CNC(C)(C)CO)cccc1OCC.Cl. The maximum absolute atomic E-state index is 9.29. The number of ether oxygens (including phenoxy) is 2. The molecule has 0 atom stereocenters.